The number of carbonyl (C=O) groups excluding carboxylic acids is 1. The molecule has 2 N–H and O–H groups in total. The Bertz CT molecular complexity index is 1330. The minimum atomic E-state index is -0.961. The van der Waals surface area contributed by atoms with Crippen molar-refractivity contribution in [2.45, 2.75) is 56.8 Å². The predicted octanol–water partition coefficient (Wildman–Crippen LogP) is 2.76. The van der Waals surface area contributed by atoms with Crippen molar-refractivity contribution in [2.75, 3.05) is 32.7 Å². The highest BCUT2D eigenvalue weighted by Gasteiger charge is 2.40. The molecule has 0 saturated carbocycles. The Hall–Kier alpha value is -2.78. The number of carbonyl (C=O) groups is 1. The fraction of sp³-hybridized carbons (Fsp3) is 0.483. The zero-order valence-electron chi connectivity index (χ0n) is 21.8. The van der Waals surface area contributed by atoms with E-state index in [1.54, 1.807) is 6.33 Å². The first-order chi connectivity index (χ1) is 18.4. The third-order valence-electron chi connectivity index (χ3n) is 8.22. The number of imidazole rings is 1. The lowest BCUT2D eigenvalue weighted by Gasteiger charge is -2.43. The smallest absolute Gasteiger partial charge is 0.241 e. The predicted molar refractivity (Wildman–Crippen MR) is 146 cm³/mol. The van der Waals surface area contributed by atoms with Gasteiger partial charge < -0.3 is 19.9 Å². The van der Waals surface area contributed by atoms with Crippen LogP contribution < -0.4 is 5.32 Å². The number of rotatable bonds is 4. The maximum absolute atomic E-state index is 13.8. The summed E-state index contributed by atoms with van der Waals surface area (Å²) in [6, 6.07) is 9.98. The molecule has 0 radical (unpaired) electrons. The number of benzene rings is 1. The van der Waals surface area contributed by atoms with Crippen LogP contribution in [0.15, 0.2) is 49.1 Å². The van der Waals surface area contributed by atoms with E-state index in [2.05, 4.69) is 33.4 Å². The number of nitrogens with one attached hydrogen (secondary N) is 1. The van der Waals surface area contributed by atoms with Gasteiger partial charge in [0.1, 0.15) is 5.60 Å². The molecule has 6 rings (SSSR count). The standard InChI is InChI=1S/C29H35ClN6O2/c1-20-15-34(19-33-20)17-29(38)9-3-12-36(18-29)28(37)25-16-35(13-11-31-25)27-24-8-7-23(30)14-22(24)6-5-21-4-2-10-32-26(21)27/h2,4,7-8,10,14-15,19,25,27,31,38H,3,5-6,9,11-13,16-18H2,1H3/t25-,27?,29?/m1/s1. The largest absolute Gasteiger partial charge is 0.386 e. The fourth-order valence-electron chi connectivity index (χ4n) is 6.47. The van der Waals surface area contributed by atoms with Crippen LogP contribution in [0.2, 0.25) is 5.02 Å². The van der Waals surface area contributed by atoms with Crippen molar-refractivity contribution in [2.24, 2.45) is 0 Å². The van der Waals surface area contributed by atoms with E-state index in [1.807, 2.05) is 40.9 Å². The fourth-order valence-corrected chi connectivity index (χ4v) is 6.67. The molecule has 200 valence electrons. The molecule has 0 spiro atoms. The molecule has 8 nitrogen and oxygen atoms in total. The van der Waals surface area contributed by atoms with Gasteiger partial charge in [-0.15, -0.1) is 0 Å². The van der Waals surface area contributed by atoms with Gasteiger partial charge in [-0.1, -0.05) is 23.7 Å². The summed E-state index contributed by atoms with van der Waals surface area (Å²) in [7, 11) is 0. The molecular weight excluding hydrogens is 500 g/mol. The Morgan fingerprint density at radius 1 is 1.21 bits per heavy atom. The topological polar surface area (TPSA) is 86.5 Å². The van der Waals surface area contributed by atoms with Crippen molar-refractivity contribution >= 4 is 17.5 Å². The van der Waals surface area contributed by atoms with Gasteiger partial charge in [0, 0.05) is 43.6 Å². The molecule has 9 heteroatoms. The second-order valence-electron chi connectivity index (χ2n) is 11.1. The van der Waals surface area contributed by atoms with E-state index in [9.17, 15) is 9.90 Å². The number of piperazine rings is 1. The average Bonchev–Trinajstić information content (AvgIpc) is 3.24. The molecule has 2 fully saturated rings. The lowest BCUT2D eigenvalue weighted by atomic mass is 9.91. The van der Waals surface area contributed by atoms with Gasteiger partial charge in [0.15, 0.2) is 0 Å². The summed E-state index contributed by atoms with van der Waals surface area (Å²) in [5.74, 6) is 0.0563. The summed E-state index contributed by atoms with van der Waals surface area (Å²) < 4.78 is 1.92. The minimum absolute atomic E-state index is 0.0267. The summed E-state index contributed by atoms with van der Waals surface area (Å²) >= 11 is 6.39. The zero-order valence-corrected chi connectivity index (χ0v) is 22.6. The molecule has 2 aliphatic heterocycles. The molecule has 1 amide bonds. The molecule has 0 bridgehead atoms. The minimum Gasteiger partial charge on any atom is -0.386 e. The Kier molecular flexibility index (Phi) is 6.99. The van der Waals surface area contributed by atoms with Crippen molar-refractivity contribution in [3.8, 4) is 0 Å². The second kappa shape index (κ2) is 10.4. The van der Waals surface area contributed by atoms with E-state index in [-0.39, 0.29) is 18.0 Å². The summed E-state index contributed by atoms with van der Waals surface area (Å²) in [6.07, 6.45) is 8.84. The number of hydrogen-bond donors (Lipinski definition) is 2. The van der Waals surface area contributed by atoms with Crippen molar-refractivity contribution in [1.82, 2.24) is 29.7 Å². The van der Waals surface area contributed by atoms with Crippen LogP contribution in [-0.4, -0.2) is 79.7 Å². The molecule has 1 aromatic carbocycles. The van der Waals surface area contributed by atoms with Crippen LogP contribution in [0.4, 0.5) is 0 Å². The SMILES string of the molecule is Cc1cn(CC2(O)CCCN(C(=O)[C@H]3CN(C4c5ccc(Cl)cc5CCc5cccnc54)CCN3)C2)cn1. The number of nitrogens with zero attached hydrogens (tertiary/aromatic N) is 5. The number of fused-ring (bicyclic) bond motifs is 2. The number of likely N-dealkylation sites (tertiary alicyclic amines) is 1. The number of β-amino-alcohol motifs (C(OH)–C–C–N with tert-alkyl or cyclic N) is 1. The van der Waals surface area contributed by atoms with E-state index in [0.717, 1.165) is 42.2 Å². The number of piperidine rings is 1. The van der Waals surface area contributed by atoms with Crippen molar-refractivity contribution < 1.29 is 9.90 Å². The molecule has 4 heterocycles. The Morgan fingerprint density at radius 2 is 2.08 bits per heavy atom. The number of aliphatic hydroxyl groups is 1. The number of halogens is 1. The first-order valence-corrected chi connectivity index (χ1v) is 14.0. The lowest BCUT2D eigenvalue weighted by molar-refractivity contribution is -0.142. The van der Waals surface area contributed by atoms with Gasteiger partial charge in [-0.05, 0) is 67.5 Å². The van der Waals surface area contributed by atoms with E-state index >= 15 is 0 Å². The normalized spacial score (nSPS) is 25.9. The third-order valence-corrected chi connectivity index (χ3v) is 8.46. The molecule has 2 unspecified atom stereocenters. The van der Waals surface area contributed by atoms with Gasteiger partial charge in [-0.25, -0.2) is 4.98 Å². The molecule has 38 heavy (non-hydrogen) atoms. The van der Waals surface area contributed by atoms with Crippen LogP contribution in [0, 0.1) is 6.92 Å². The van der Waals surface area contributed by atoms with E-state index < -0.39 is 5.60 Å². The average molecular weight is 535 g/mol. The van der Waals surface area contributed by atoms with Crippen LogP contribution >= 0.6 is 11.6 Å². The molecule has 3 atom stereocenters. The quantitative estimate of drug-likeness (QED) is 0.535. The maximum Gasteiger partial charge on any atom is 0.241 e. The summed E-state index contributed by atoms with van der Waals surface area (Å²) in [4.78, 5) is 27.2. The number of hydrogen-bond acceptors (Lipinski definition) is 6. The van der Waals surface area contributed by atoms with Crippen LogP contribution in [0.3, 0.4) is 0 Å². The van der Waals surface area contributed by atoms with Gasteiger partial charge in [0.2, 0.25) is 5.91 Å². The second-order valence-corrected chi connectivity index (χ2v) is 11.5. The van der Waals surface area contributed by atoms with Gasteiger partial charge in [-0.2, -0.15) is 0 Å². The van der Waals surface area contributed by atoms with Crippen molar-refractivity contribution in [3.05, 3.63) is 82.2 Å². The number of aryl methyl sites for hydroxylation is 3. The van der Waals surface area contributed by atoms with Crippen LogP contribution in [-0.2, 0) is 24.2 Å². The highest BCUT2D eigenvalue weighted by atomic mass is 35.5. The van der Waals surface area contributed by atoms with Crippen LogP contribution in [0.25, 0.3) is 0 Å². The molecule has 1 aliphatic carbocycles. The molecule has 2 saturated heterocycles. The van der Waals surface area contributed by atoms with Crippen LogP contribution in [0.1, 0.15) is 47.0 Å². The lowest BCUT2D eigenvalue weighted by Crippen LogP contribution is -2.61. The van der Waals surface area contributed by atoms with Gasteiger partial charge in [-0.3, -0.25) is 14.7 Å². The molecule has 3 aliphatic rings. The Labute approximate surface area is 228 Å². The maximum atomic E-state index is 13.8. The van der Waals surface area contributed by atoms with E-state index in [4.69, 9.17) is 16.6 Å². The van der Waals surface area contributed by atoms with E-state index in [0.29, 0.717) is 39.1 Å². The number of amides is 1. The van der Waals surface area contributed by atoms with Crippen molar-refractivity contribution in [1.29, 1.82) is 0 Å². The van der Waals surface area contributed by atoms with Gasteiger partial charge in [0.25, 0.3) is 0 Å². The highest BCUT2D eigenvalue weighted by Crippen LogP contribution is 2.37. The number of aromatic nitrogens is 3. The molecule has 3 aromatic rings. The Morgan fingerprint density at radius 3 is 2.92 bits per heavy atom. The molecule has 2 aromatic heterocycles. The van der Waals surface area contributed by atoms with Gasteiger partial charge in [0.05, 0.1) is 42.9 Å². The van der Waals surface area contributed by atoms with Gasteiger partial charge >= 0.3 is 0 Å². The van der Waals surface area contributed by atoms with Crippen molar-refractivity contribution in [3.63, 3.8) is 0 Å². The monoisotopic (exact) mass is 534 g/mol. The number of pyridine rings is 1. The summed E-state index contributed by atoms with van der Waals surface area (Å²) in [5.41, 5.74) is 4.76. The first kappa shape index (κ1) is 25.5. The zero-order chi connectivity index (χ0) is 26.3. The third kappa shape index (κ3) is 5.10. The van der Waals surface area contributed by atoms with E-state index in [1.165, 1.54) is 16.7 Å². The summed E-state index contributed by atoms with van der Waals surface area (Å²) in [6.45, 7) is 5.48. The summed E-state index contributed by atoms with van der Waals surface area (Å²) in [5, 5.41) is 15.6. The van der Waals surface area contributed by atoms with Crippen LogP contribution in [0.5, 0.6) is 0 Å². The highest BCUT2D eigenvalue weighted by molar-refractivity contribution is 6.30. The first-order valence-electron chi connectivity index (χ1n) is 13.6. The molecular formula is C29H35ClN6O2. The Balaban J connectivity index is 1.23.